The van der Waals surface area contributed by atoms with Crippen molar-refractivity contribution in [2.45, 2.75) is 6.92 Å². The van der Waals surface area contributed by atoms with Gasteiger partial charge in [0.25, 0.3) is 5.91 Å². The molecular formula is C15H12FNO2S. The molecule has 2 rings (SSSR count). The summed E-state index contributed by atoms with van der Waals surface area (Å²) in [5.74, 6) is 4.35. The molecule has 1 aromatic heterocycles. The number of benzene rings is 1. The highest BCUT2D eigenvalue weighted by Crippen LogP contribution is 2.19. The predicted molar refractivity (Wildman–Crippen MR) is 77.4 cm³/mol. The maximum atomic E-state index is 13.2. The zero-order valence-electron chi connectivity index (χ0n) is 10.7. The zero-order valence-corrected chi connectivity index (χ0v) is 11.6. The first kappa shape index (κ1) is 14.3. The van der Waals surface area contributed by atoms with E-state index in [-0.39, 0.29) is 12.5 Å². The van der Waals surface area contributed by atoms with Gasteiger partial charge in [-0.05, 0) is 36.1 Å². The van der Waals surface area contributed by atoms with E-state index >= 15 is 0 Å². The molecule has 0 unspecified atom stereocenters. The minimum Gasteiger partial charge on any atom is -0.384 e. The minimum atomic E-state index is -0.447. The van der Waals surface area contributed by atoms with Gasteiger partial charge in [0.2, 0.25) is 0 Å². The first-order valence-corrected chi connectivity index (χ1v) is 6.79. The van der Waals surface area contributed by atoms with E-state index in [1.165, 1.54) is 29.5 Å². The summed E-state index contributed by atoms with van der Waals surface area (Å²) in [5, 5.41) is 15.0. The summed E-state index contributed by atoms with van der Waals surface area (Å²) in [5.41, 5.74) is 2.22. The average Bonchev–Trinajstić information content (AvgIpc) is 2.85. The van der Waals surface area contributed by atoms with Gasteiger partial charge < -0.3 is 10.4 Å². The molecule has 0 spiro atoms. The number of carbonyl (C=O) groups excluding carboxylic acids is 1. The number of nitrogens with one attached hydrogen (secondary N) is 1. The van der Waals surface area contributed by atoms with Gasteiger partial charge in [0.15, 0.2) is 0 Å². The van der Waals surface area contributed by atoms with Gasteiger partial charge in [-0.25, -0.2) is 4.39 Å². The van der Waals surface area contributed by atoms with Gasteiger partial charge >= 0.3 is 0 Å². The third kappa shape index (κ3) is 3.23. The first-order chi connectivity index (χ1) is 9.61. The maximum absolute atomic E-state index is 13.2. The van der Waals surface area contributed by atoms with Crippen molar-refractivity contribution in [1.29, 1.82) is 0 Å². The lowest BCUT2D eigenvalue weighted by Crippen LogP contribution is -2.13. The van der Waals surface area contributed by atoms with Crippen LogP contribution < -0.4 is 5.32 Å². The molecule has 0 radical (unpaired) electrons. The lowest BCUT2D eigenvalue weighted by molar-refractivity contribution is 0.102. The molecule has 102 valence electrons. The molecule has 0 saturated carbocycles. The van der Waals surface area contributed by atoms with Gasteiger partial charge in [-0.3, -0.25) is 4.79 Å². The van der Waals surface area contributed by atoms with Crippen molar-refractivity contribution in [3.05, 3.63) is 51.5 Å². The Labute approximate surface area is 120 Å². The van der Waals surface area contributed by atoms with Crippen molar-refractivity contribution in [1.82, 2.24) is 0 Å². The standard InChI is InChI=1S/C15H12FNO2S/c1-10-8-20-9-13(10)15(19)17-14-5-4-12(16)7-11(14)3-2-6-18/h4-5,7-9,18H,6H2,1H3,(H,17,19). The third-order valence-electron chi connectivity index (χ3n) is 2.63. The van der Waals surface area contributed by atoms with Crippen LogP contribution in [0.25, 0.3) is 0 Å². The Morgan fingerprint density at radius 1 is 1.45 bits per heavy atom. The summed E-state index contributed by atoms with van der Waals surface area (Å²) in [6.07, 6.45) is 0. The highest BCUT2D eigenvalue weighted by Gasteiger charge is 2.12. The largest absolute Gasteiger partial charge is 0.384 e. The van der Waals surface area contributed by atoms with Crippen LogP contribution in [0.15, 0.2) is 29.0 Å². The molecule has 0 fully saturated rings. The molecule has 5 heteroatoms. The Morgan fingerprint density at radius 2 is 2.25 bits per heavy atom. The van der Waals surface area contributed by atoms with Gasteiger partial charge in [-0.15, -0.1) is 0 Å². The smallest absolute Gasteiger partial charge is 0.256 e. The summed E-state index contributed by atoms with van der Waals surface area (Å²) < 4.78 is 13.2. The van der Waals surface area contributed by atoms with E-state index in [0.29, 0.717) is 16.8 Å². The van der Waals surface area contributed by atoms with Crippen LogP contribution in [0.1, 0.15) is 21.5 Å². The van der Waals surface area contributed by atoms with Crippen molar-refractivity contribution in [3.8, 4) is 11.8 Å². The number of aliphatic hydroxyl groups excluding tert-OH is 1. The third-order valence-corrected chi connectivity index (χ3v) is 3.49. The molecule has 0 aliphatic heterocycles. The van der Waals surface area contributed by atoms with Gasteiger partial charge in [0.05, 0.1) is 16.8 Å². The van der Waals surface area contributed by atoms with Crippen LogP contribution in [0.2, 0.25) is 0 Å². The number of aliphatic hydroxyl groups is 1. The van der Waals surface area contributed by atoms with Crippen LogP contribution in [0.4, 0.5) is 10.1 Å². The van der Waals surface area contributed by atoms with Crippen LogP contribution in [0.5, 0.6) is 0 Å². The van der Waals surface area contributed by atoms with Crippen LogP contribution >= 0.6 is 11.3 Å². The number of thiophene rings is 1. The van der Waals surface area contributed by atoms with E-state index in [1.807, 2.05) is 12.3 Å². The molecule has 0 aliphatic carbocycles. The van der Waals surface area contributed by atoms with Crippen LogP contribution in [-0.2, 0) is 0 Å². The molecule has 0 saturated heterocycles. The maximum Gasteiger partial charge on any atom is 0.256 e. The number of carbonyl (C=O) groups is 1. The second-order valence-electron chi connectivity index (χ2n) is 4.07. The predicted octanol–water partition coefficient (Wildman–Crippen LogP) is 2.79. The number of aryl methyl sites for hydroxylation is 1. The van der Waals surface area contributed by atoms with Gasteiger partial charge in [-0.2, -0.15) is 11.3 Å². The second-order valence-corrected chi connectivity index (χ2v) is 4.82. The van der Waals surface area contributed by atoms with E-state index < -0.39 is 5.82 Å². The lowest BCUT2D eigenvalue weighted by atomic mass is 10.1. The van der Waals surface area contributed by atoms with E-state index in [1.54, 1.807) is 5.38 Å². The molecule has 1 amide bonds. The fourth-order valence-corrected chi connectivity index (χ4v) is 2.47. The zero-order chi connectivity index (χ0) is 14.5. The number of hydrogen-bond acceptors (Lipinski definition) is 3. The number of hydrogen-bond donors (Lipinski definition) is 2. The fourth-order valence-electron chi connectivity index (χ4n) is 1.65. The minimum absolute atomic E-state index is 0.262. The highest BCUT2D eigenvalue weighted by molar-refractivity contribution is 7.08. The average molecular weight is 289 g/mol. The normalized spacial score (nSPS) is 9.75. The molecule has 20 heavy (non-hydrogen) atoms. The number of amides is 1. The van der Waals surface area contributed by atoms with Crippen LogP contribution in [0.3, 0.4) is 0 Å². The van der Waals surface area contributed by atoms with E-state index in [2.05, 4.69) is 17.2 Å². The summed E-state index contributed by atoms with van der Waals surface area (Å²) in [7, 11) is 0. The topological polar surface area (TPSA) is 49.3 Å². The van der Waals surface area contributed by atoms with Gasteiger partial charge in [0.1, 0.15) is 12.4 Å². The SMILES string of the molecule is Cc1cscc1C(=O)Nc1ccc(F)cc1C#CCO. The first-order valence-electron chi connectivity index (χ1n) is 5.85. The summed E-state index contributed by atoms with van der Waals surface area (Å²) in [6, 6.07) is 3.93. The molecule has 1 heterocycles. The Morgan fingerprint density at radius 3 is 2.90 bits per heavy atom. The second kappa shape index (κ2) is 6.33. The summed E-state index contributed by atoms with van der Waals surface area (Å²) >= 11 is 1.44. The Kier molecular flexibility index (Phi) is 4.51. The molecule has 2 aromatic rings. The Bertz CT molecular complexity index is 697. The number of rotatable bonds is 2. The van der Waals surface area contributed by atoms with Crippen molar-refractivity contribution in [2.24, 2.45) is 0 Å². The molecular weight excluding hydrogens is 277 g/mol. The van der Waals surface area contributed by atoms with E-state index in [0.717, 1.165) is 5.56 Å². The molecule has 0 aliphatic rings. The molecule has 3 nitrogen and oxygen atoms in total. The quantitative estimate of drug-likeness (QED) is 0.835. The monoisotopic (exact) mass is 289 g/mol. The number of anilines is 1. The van der Waals surface area contributed by atoms with E-state index in [4.69, 9.17) is 5.11 Å². The molecule has 1 aromatic carbocycles. The van der Waals surface area contributed by atoms with Gasteiger partial charge in [-0.1, -0.05) is 11.8 Å². The van der Waals surface area contributed by atoms with E-state index in [9.17, 15) is 9.18 Å². The Balaban J connectivity index is 2.29. The molecule has 0 bridgehead atoms. The van der Waals surface area contributed by atoms with Crippen LogP contribution in [0, 0.1) is 24.6 Å². The highest BCUT2D eigenvalue weighted by atomic mass is 32.1. The van der Waals surface area contributed by atoms with Crippen molar-refractivity contribution >= 4 is 22.9 Å². The molecule has 2 N–H and O–H groups in total. The summed E-state index contributed by atoms with van der Waals surface area (Å²) in [6.45, 7) is 1.52. The van der Waals surface area contributed by atoms with Gasteiger partial charge in [0, 0.05) is 5.38 Å². The van der Waals surface area contributed by atoms with Crippen molar-refractivity contribution in [2.75, 3.05) is 11.9 Å². The van der Waals surface area contributed by atoms with Crippen LogP contribution in [-0.4, -0.2) is 17.6 Å². The van der Waals surface area contributed by atoms with Crippen molar-refractivity contribution in [3.63, 3.8) is 0 Å². The molecule has 0 atom stereocenters. The number of halogens is 1. The van der Waals surface area contributed by atoms with Crippen molar-refractivity contribution < 1.29 is 14.3 Å². The lowest BCUT2D eigenvalue weighted by Gasteiger charge is -2.07. The fraction of sp³-hybridized carbons (Fsp3) is 0.133. The Hall–Kier alpha value is -2.16. The summed E-state index contributed by atoms with van der Waals surface area (Å²) in [4.78, 5) is 12.1.